The van der Waals surface area contributed by atoms with Gasteiger partial charge in [-0.2, -0.15) is 0 Å². The number of hydrogen-bond donors (Lipinski definition) is 1. The number of nitrogens with zero attached hydrogens (tertiary/aromatic N) is 1. The van der Waals surface area contributed by atoms with Crippen molar-refractivity contribution < 1.29 is 39.5 Å². The Morgan fingerprint density at radius 3 is 2.36 bits per heavy atom. The highest BCUT2D eigenvalue weighted by Gasteiger charge is 2.25. The van der Waals surface area contributed by atoms with E-state index in [9.17, 15) is 30.4 Å². The van der Waals surface area contributed by atoms with E-state index in [4.69, 9.17) is 16.3 Å². The predicted octanol–water partition coefficient (Wildman–Crippen LogP) is 3.63. The molecule has 0 amide bonds. The Bertz CT molecular complexity index is 1140. The number of thiol groups is 1. The van der Waals surface area contributed by atoms with E-state index < -0.39 is 74.7 Å². The molecule has 0 fully saturated rings. The summed E-state index contributed by atoms with van der Waals surface area (Å²) in [4.78, 5) is 12.4. The minimum absolute atomic E-state index is 0.171. The second-order valence-corrected chi connectivity index (χ2v) is 10.5. The van der Waals surface area contributed by atoms with E-state index >= 15 is 4.39 Å². The zero-order valence-corrected chi connectivity index (χ0v) is 19.6. The van der Waals surface area contributed by atoms with E-state index in [1.54, 1.807) is 30.3 Å². The second-order valence-electron chi connectivity index (χ2n) is 6.86. The fraction of sp³-hybridized carbons (Fsp3) is 0.350. The number of esters is 1. The second kappa shape index (κ2) is 12.2. The summed E-state index contributed by atoms with van der Waals surface area (Å²) in [6.45, 7) is -0.626. The van der Waals surface area contributed by atoms with Crippen LogP contribution in [0.25, 0.3) is 0 Å². The minimum Gasteiger partial charge on any atom is -0.457 e. The smallest absolute Gasteiger partial charge is 0.343 e. The van der Waals surface area contributed by atoms with E-state index in [1.807, 2.05) is 0 Å². The summed E-state index contributed by atoms with van der Waals surface area (Å²) in [5, 5.41) is -0.301. The molecular weight excluding hydrogens is 507 g/mol. The zero-order chi connectivity index (χ0) is 24.6. The largest absolute Gasteiger partial charge is 0.457 e. The van der Waals surface area contributed by atoms with Gasteiger partial charge in [0.1, 0.15) is 12.2 Å². The summed E-state index contributed by atoms with van der Waals surface area (Å²) in [6.07, 6.45) is -3.89. The predicted molar refractivity (Wildman–Crippen MR) is 119 cm³/mol. The molecule has 0 aliphatic heterocycles. The summed E-state index contributed by atoms with van der Waals surface area (Å²) in [7, 11) is -7.27. The van der Waals surface area contributed by atoms with Crippen molar-refractivity contribution in [3.8, 4) is 0 Å². The Morgan fingerprint density at radius 2 is 1.76 bits per heavy atom. The third-order valence-corrected chi connectivity index (χ3v) is 7.33. The van der Waals surface area contributed by atoms with Crippen LogP contribution in [-0.2, 0) is 32.1 Å². The molecule has 0 saturated heterocycles. The lowest BCUT2D eigenvalue weighted by Crippen LogP contribution is -2.27. The number of ether oxygens (including phenoxy) is 1. The number of alkyl halides is 2. The van der Waals surface area contributed by atoms with Crippen LogP contribution in [0.4, 0.5) is 18.9 Å². The van der Waals surface area contributed by atoms with E-state index in [2.05, 4.69) is 0 Å². The van der Waals surface area contributed by atoms with Crippen LogP contribution >= 0.6 is 11.6 Å². The van der Waals surface area contributed by atoms with Crippen LogP contribution in [0.2, 0.25) is 5.02 Å². The maximum Gasteiger partial charge on any atom is 0.343 e. The van der Waals surface area contributed by atoms with Crippen molar-refractivity contribution in [1.82, 2.24) is 0 Å². The number of anilines is 1. The Balaban J connectivity index is 2.16. The first-order valence-electron chi connectivity index (χ1n) is 9.61. The molecular formula is C20H21ClF3NO6S2. The summed E-state index contributed by atoms with van der Waals surface area (Å²) in [5.41, 5.74) is -0.556. The van der Waals surface area contributed by atoms with Crippen molar-refractivity contribution in [2.45, 2.75) is 25.9 Å². The molecule has 0 saturated carbocycles. The molecule has 0 unspecified atom stereocenters. The summed E-state index contributed by atoms with van der Waals surface area (Å²) >= 11 is 5.94. The van der Waals surface area contributed by atoms with Crippen molar-refractivity contribution in [3.05, 3.63) is 64.4 Å². The third kappa shape index (κ3) is 8.20. The molecule has 7 nitrogen and oxygen atoms in total. The van der Waals surface area contributed by atoms with Gasteiger partial charge in [-0.15, -0.1) is 0 Å². The van der Waals surface area contributed by atoms with Gasteiger partial charge >= 0.3 is 5.97 Å². The van der Waals surface area contributed by atoms with Gasteiger partial charge in [0.25, 0.3) is 0 Å². The highest BCUT2D eigenvalue weighted by molar-refractivity contribution is 7.91. The van der Waals surface area contributed by atoms with Gasteiger partial charge in [0, 0.05) is 13.0 Å². The first-order chi connectivity index (χ1) is 15.5. The molecule has 33 heavy (non-hydrogen) atoms. The van der Waals surface area contributed by atoms with E-state index in [-0.39, 0.29) is 18.1 Å². The van der Waals surface area contributed by atoms with Gasteiger partial charge in [-0.05, 0) is 24.1 Å². The Morgan fingerprint density at radius 1 is 1.09 bits per heavy atom. The first kappa shape index (κ1) is 26.9. The van der Waals surface area contributed by atoms with Gasteiger partial charge in [0.2, 0.25) is 17.3 Å². The molecule has 182 valence electrons. The number of benzene rings is 2. The monoisotopic (exact) mass is 527 g/mol. The quantitative estimate of drug-likeness (QED) is 0.334. The molecule has 0 bridgehead atoms. The fourth-order valence-corrected chi connectivity index (χ4v) is 4.99. The lowest BCUT2D eigenvalue weighted by atomic mass is 10.1. The number of halogens is 4. The standard InChI is InChI=1S/C20H21ClF3NO6S2/c21-15-7-8-16(19(24)18(15)20(26)31-13-14-5-2-1-3-6-14)25(32(27)28)10-4-11-33(29,30)12-9-17(22)23/h1-3,5-8,17,32H,4,9-13H2. The molecule has 0 aromatic heterocycles. The van der Waals surface area contributed by atoms with Gasteiger partial charge in [-0.1, -0.05) is 41.9 Å². The van der Waals surface area contributed by atoms with Gasteiger partial charge in [0.05, 0.1) is 22.2 Å². The lowest BCUT2D eigenvalue weighted by molar-refractivity contribution is 0.0467. The van der Waals surface area contributed by atoms with Gasteiger partial charge in [-0.25, -0.2) is 34.8 Å². The van der Waals surface area contributed by atoms with Crippen LogP contribution < -0.4 is 4.31 Å². The van der Waals surface area contributed by atoms with Gasteiger partial charge in [0.15, 0.2) is 15.7 Å². The average molecular weight is 528 g/mol. The van der Waals surface area contributed by atoms with Crippen molar-refractivity contribution in [2.75, 3.05) is 22.4 Å². The molecule has 0 heterocycles. The number of sulfone groups is 1. The van der Waals surface area contributed by atoms with Crippen molar-refractivity contribution in [2.24, 2.45) is 0 Å². The number of carbonyl (C=O) groups is 1. The van der Waals surface area contributed by atoms with Crippen LogP contribution in [0.1, 0.15) is 28.8 Å². The third-order valence-electron chi connectivity index (χ3n) is 4.44. The molecule has 0 N–H and O–H groups in total. The van der Waals surface area contributed by atoms with E-state index in [0.717, 1.165) is 12.1 Å². The molecule has 2 rings (SSSR count). The molecule has 0 aliphatic carbocycles. The van der Waals surface area contributed by atoms with Crippen molar-refractivity contribution in [3.63, 3.8) is 0 Å². The van der Waals surface area contributed by atoms with E-state index in [1.165, 1.54) is 0 Å². The van der Waals surface area contributed by atoms with Crippen molar-refractivity contribution >= 4 is 44.0 Å². The highest BCUT2D eigenvalue weighted by Crippen LogP contribution is 2.29. The number of rotatable bonds is 12. The van der Waals surface area contributed by atoms with Crippen LogP contribution in [-0.4, -0.2) is 47.3 Å². The Labute approximate surface area is 196 Å². The maximum atomic E-state index is 15.1. The average Bonchev–Trinajstić information content (AvgIpc) is 2.75. The molecule has 0 radical (unpaired) electrons. The first-order valence-corrected chi connectivity index (χ1v) is 12.9. The normalized spacial score (nSPS) is 11.7. The van der Waals surface area contributed by atoms with Gasteiger partial charge in [-0.3, -0.25) is 4.31 Å². The van der Waals surface area contributed by atoms with Crippen LogP contribution in [0.3, 0.4) is 0 Å². The SMILES string of the molecule is O=C(OCc1ccccc1)c1c(Cl)ccc(N(CCCS(=O)(=O)CCC(F)F)[SH](=O)=O)c1F. The molecule has 0 atom stereocenters. The number of hydrogen-bond acceptors (Lipinski definition) is 6. The summed E-state index contributed by atoms with van der Waals surface area (Å²) < 4.78 is 92.2. The molecule has 13 heteroatoms. The Hall–Kier alpha value is -2.31. The Kier molecular flexibility index (Phi) is 9.99. The van der Waals surface area contributed by atoms with Crippen LogP contribution in [0, 0.1) is 5.82 Å². The maximum absolute atomic E-state index is 15.1. The molecule has 0 spiro atoms. The molecule has 2 aromatic rings. The molecule has 2 aromatic carbocycles. The minimum atomic E-state index is -3.84. The zero-order valence-electron chi connectivity index (χ0n) is 17.1. The summed E-state index contributed by atoms with van der Waals surface area (Å²) in [5.74, 6) is -3.68. The van der Waals surface area contributed by atoms with Crippen LogP contribution in [0.15, 0.2) is 42.5 Å². The topological polar surface area (TPSA) is 97.8 Å². The lowest BCUT2D eigenvalue weighted by Gasteiger charge is -2.20. The highest BCUT2D eigenvalue weighted by atomic mass is 35.5. The van der Waals surface area contributed by atoms with Crippen LogP contribution in [0.5, 0.6) is 0 Å². The van der Waals surface area contributed by atoms with E-state index in [0.29, 0.717) is 9.87 Å². The number of carbonyl (C=O) groups excluding carboxylic acids is 1. The van der Waals surface area contributed by atoms with Crippen molar-refractivity contribution in [1.29, 1.82) is 0 Å². The summed E-state index contributed by atoms with van der Waals surface area (Å²) in [6, 6.07) is 10.7. The fourth-order valence-electron chi connectivity index (χ4n) is 2.82. The molecule has 0 aliphatic rings. The van der Waals surface area contributed by atoms with Gasteiger partial charge < -0.3 is 4.74 Å².